The highest BCUT2D eigenvalue weighted by Gasteiger charge is 2.05. The number of halogens is 3. The smallest absolute Gasteiger partial charge is 0.172 e. The van der Waals surface area contributed by atoms with E-state index >= 15 is 0 Å². The predicted octanol–water partition coefficient (Wildman–Crippen LogP) is 3.61. The lowest BCUT2D eigenvalue weighted by atomic mass is 10.1. The summed E-state index contributed by atoms with van der Waals surface area (Å²) in [5.74, 6) is 0.0640. The first-order valence-corrected chi connectivity index (χ1v) is 5.47. The van der Waals surface area contributed by atoms with Crippen LogP contribution in [0.3, 0.4) is 0 Å². The van der Waals surface area contributed by atoms with Crippen LogP contribution >= 0.6 is 45.8 Å². The molecule has 64 valence electrons. The second-order valence-corrected chi connectivity index (χ2v) is 3.76. The fraction of sp³-hybridized carbons (Fsp3) is 0.125. The molecule has 0 saturated carbocycles. The highest BCUT2D eigenvalue weighted by molar-refractivity contribution is 14.1. The summed E-state index contributed by atoms with van der Waals surface area (Å²) in [4.78, 5) is 11.2. The van der Waals surface area contributed by atoms with Crippen molar-refractivity contribution in [2.24, 2.45) is 0 Å². The number of alkyl halides is 1. The zero-order chi connectivity index (χ0) is 9.14. The Morgan fingerprint density at radius 3 is 2.50 bits per heavy atom. The summed E-state index contributed by atoms with van der Waals surface area (Å²) in [5, 5.41) is 0.897. The van der Waals surface area contributed by atoms with Crippen LogP contribution in [0.2, 0.25) is 10.0 Å². The van der Waals surface area contributed by atoms with Crippen molar-refractivity contribution in [1.82, 2.24) is 0 Å². The summed E-state index contributed by atoms with van der Waals surface area (Å²) >= 11 is 13.4. The van der Waals surface area contributed by atoms with Crippen LogP contribution in [0.1, 0.15) is 10.4 Å². The molecule has 1 aromatic rings. The summed E-state index contributed by atoms with van der Waals surface area (Å²) in [6, 6.07) is 4.89. The van der Waals surface area contributed by atoms with Crippen molar-refractivity contribution < 1.29 is 4.79 Å². The van der Waals surface area contributed by atoms with E-state index in [1.54, 1.807) is 18.2 Å². The molecule has 0 N–H and O–H groups in total. The first-order valence-electron chi connectivity index (χ1n) is 3.19. The molecule has 1 nitrogen and oxygen atoms in total. The highest BCUT2D eigenvalue weighted by Crippen LogP contribution is 2.22. The maximum absolute atomic E-state index is 11.2. The van der Waals surface area contributed by atoms with E-state index in [2.05, 4.69) is 0 Å². The minimum absolute atomic E-state index is 0.0640. The number of carbonyl (C=O) groups excluding carboxylic acids is 1. The van der Waals surface area contributed by atoms with Gasteiger partial charge in [0.15, 0.2) is 5.78 Å². The standard InChI is InChI=1S/C8H5Cl2IO/c9-6-2-1-5(3-7(6)10)8(12)4-11/h1-3H,4H2. The molecule has 0 bridgehead atoms. The molecule has 0 fully saturated rings. The van der Waals surface area contributed by atoms with E-state index in [4.69, 9.17) is 23.2 Å². The zero-order valence-electron chi connectivity index (χ0n) is 5.98. The summed E-state index contributed by atoms with van der Waals surface area (Å²) in [7, 11) is 0. The normalized spacial score (nSPS) is 9.92. The molecule has 0 aromatic heterocycles. The SMILES string of the molecule is O=C(CI)c1ccc(Cl)c(Cl)c1. The fourth-order valence-electron chi connectivity index (χ4n) is 0.747. The molecule has 0 saturated heterocycles. The number of hydrogen-bond acceptors (Lipinski definition) is 1. The number of hydrogen-bond donors (Lipinski definition) is 0. The van der Waals surface area contributed by atoms with Gasteiger partial charge >= 0.3 is 0 Å². The topological polar surface area (TPSA) is 17.1 Å². The van der Waals surface area contributed by atoms with Crippen molar-refractivity contribution >= 4 is 51.6 Å². The fourth-order valence-corrected chi connectivity index (χ4v) is 1.49. The maximum Gasteiger partial charge on any atom is 0.172 e. The van der Waals surface area contributed by atoms with Crippen LogP contribution in [0.5, 0.6) is 0 Å². The van der Waals surface area contributed by atoms with Crippen LogP contribution in [-0.4, -0.2) is 10.2 Å². The van der Waals surface area contributed by atoms with E-state index in [-0.39, 0.29) is 5.78 Å². The molecule has 0 aliphatic heterocycles. The van der Waals surface area contributed by atoms with Crippen molar-refractivity contribution in [3.63, 3.8) is 0 Å². The summed E-state index contributed by atoms with van der Waals surface area (Å²) in [6.45, 7) is 0. The van der Waals surface area contributed by atoms with Crippen LogP contribution in [0.15, 0.2) is 18.2 Å². The summed E-state index contributed by atoms with van der Waals surface area (Å²) in [5.41, 5.74) is 0.610. The molecule has 0 spiro atoms. The van der Waals surface area contributed by atoms with Gasteiger partial charge in [0, 0.05) is 5.56 Å². The predicted molar refractivity (Wildman–Crippen MR) is 59.7 cm³/mol. The van der Waals surface area contributed by atoms with E-state index in [9.17, 15) is 4.79 Å². The van der Waals surface area contributed by atoms with E-state index in [0.717, 1.165) is 0 Å². The molecular weight excluding hydrogens is 310 g/mol. The number of benzene rings is 1. The van der Waals surface area contributed by atoms with Crippen molar-refractivity contribution in [1.29, 1.82) is 0 Å². The minimum atomic E-state index is 0.0640. The lowest BCUT2D eigenvalue weighted by Gasteiger charge is -1.98. The van der Waals surface area contributed by atoms with Gasteiger partial charge in [-0.25, -0.2) is 0 Å². The van der Waals surface area contributed by atoms with Gasteiger partial charge in [-0.15, -0.1) is 0 Å². The average Bonchev–Trinajstić information content (AvgIpc) is 2.08. The van der Waals surface area contributed by atoms with Crippen LogP contribution in [0.25, 0.3) is 0 Å². The number of ketones is 1. The Morgan fingerprint density at radius 1 is 1.33 bits per heavy atom. The first-order chi connectivity index (χ1) is 5.65. The third-order valence-corrected chi connectivity index (χ3v) is 2.79. The maximum atomic E-state index is 11.2. The molecule has 0 aliphatic carbocycles. The zero-order valence-corrected chi connectivity index (χ0v) is 9.65. The molecule has 12 heavy (non-hydrogen) atoms. The van der Waals surface area contributed by atoms with Gasteiger partial charge in [0.2, 0.25) is 0 Å². The van der Waals surface area contributed by atoms with Crippen LogP contribution in [0, 0.1) is 0 Å². The van der Waals surface area contributed by atoms with Crippen molar-refractivity contribution in [3.8, 4) is 0 Å². The number of rotatable bonds is 2. The van der Waals surface area contributed by atoms with Gasteiger partial charge in [0.05, 0.1) is 14.5 Å². The Labute approximate surface area is 94.2 Å². The molecule has 0 aliphatic rings. The Morgan fingerprint density at radius 2 is 2.00 bits per heavy atom. The van der Waals surface area contributed by atoms with Gasteiger partial charge in [-0.3, -0.25) is 4.79 Å². The number of Topliss-reactive ketones (excluding diaryl/α,β-unsaturated/α-hetero) is 1. The highest BCUT2D eigenvalue weighted by atomic mass is 127. The minimum Gasteiger partial charge on any atom is -0.293 e. The Hall–Kier alpha value is 0.200. The van der Waals surface area contributed by atoms with Crippen LogP contribution in [-0.2, 0) is 0 Å². The lowest BCUT2D eigenvalue weighted by Crippen LogP contribution is -1.98. The average molecular weight is 315 g/mol. The molecule has 0 atom stereocenters. The van der Waals surface area contributed by atoms with Crippen LogP contribution < -0.4 is 0 Å². The number of carbonyl (C=O) groups is 1. The van der Waals surface area contributed by atoms with Crippen molar-refractivity contribution in [2.45, 2.75) is 0 Å². The van der Waals surface area contributed by atoms with Gasteiger partial charge in [0.1, 0.15) is 0 Å². The first kappa shape index (κ1) is 10.3. The molecule has 0 unspecified atom stereocenters. The van der Waals surface area contributed by atoms with E-state index in [1.807, 2.05) is 22.6 Å². The van der Waals surface area contributed by atoms with Crippen molar-refractivity contribution in [2.75, 3.05) is 4.43 Å². The Bertz CT molecular complexity index is 312. The van der Waals surface area contributed by atoms with Gasteiger partial charge in [0.25, 0.3) is 0 Å². The quantitative estimate of drug-likeness (QED) is 0.463. The lowest BCUT2D eigenvalue weighted by molar-refractivity contribution is 0.102. The van der Waals surface area contributed by atoms with Gasteiger partial charge in [-0.2, -0.15) is 0 Å². The second-order valence-electron chi connectivity index (χ2n) is 2.19. The summed E-state index contributed by atoms with van der Waals surface area (Å²) < 4.78 is 0.454. The van der Waals surface area contributed by atoms with Gasteiger partial charge in [-0.1, -0.05) is 45.8 Å². The van der Waals surface area contributed by atoms with Gasteiger partial charge < -0.3 is 0 Å². The second kappa shape index (κ2) is 4.44. The molecule has 4 heteroatoms. The summed E-state index contributed by atoms with van der Waals surface area (Å²) in [6.07, 6.45) is 0. The molecule has 1 rings (SSSR count). The van der Waals surface area contributed by atoms with Crippen molar-refractivity contribution in [3.05, 3.63) is 33.8 Å². The molecule has 0 radical (unpaired) electrons. The van der Waals surface area contributed by atoms with E-state index in [1.165, 1.54) is 0 Å². The monoisotopic (exact) mass is 314 g/mol. The van der Waals surface area contributed by atoms with Crippen LogP contribution in [0.4, 0.5) is 0 Å². The third-order valence-electron chi connectivity index (χ3n) is 1.36. The molecule has 1 aromatic carbocycles. The molecule has 0 heterocycles. The Kier molecular flexibility index (Phi) is 3.80. The molecule has 0 amide bonds. The third kappa shape index (κ3) is 2.34. The van der Waals surface area contributed by atoms with Gasteiger partial charge in [-0.05, 0) is 18.2 Å². The Balaban J connectivity index is 3.05. The van der Waals surface area contributed by atoms with E-state index < -0.39 is 0 Å². The molecular formula is C8H5Cl2IO. The largest absolute Gasteiger partial charge is 0.293 e. The van der Waals surface area contributed by atoms with E-state index in [0.29, 0.717) is 20.0 Å².